The highest BCUT2D eigenvalue weighted by atomic mass is 31.2. The smallest absolute Gasteiger partial charge is 0.463 e. The number of carbonyl (C=O) groups is 4. The Hall–Kier alpha value is -2.79. The number of aliphatic hydroxyl groups excluding tert-OH is 9. The van der Waals surface area contributed by atoms with Gasteiger partial charge in [-0.3, -0.25) is 28.2 Å². The zero-order valence-corrected chi connectivity index (χ0v) is 76.4. The van der Waals surface area contributed by atoms with Gasteiger partial charge in [-0.05, 0) is 57.3 Å². The van der Waals surface area contributed by atoms with E-state index < -0.39 is 162 Å². The van der Waals surface area contributed by atoms with Crippen LogP contribution in [-0.4, -0.2) is 205 Å². The van der Waals surface area contributed by atoms with Crippen molar-refractivity contribution in [2.75, 3.05) is 26.4 Å². The molecule has 0 spiro atoms. The van der Waals surface area contributed by atoms with Crippen molar-refractivity contribution >= 4 is 31.7 Å². The molecule has 10 N–H and O–H groups in total. The number of carbonyl (C=O) groups excluding carboxylic acids is 4. The van der Waals surface area contributed by atoms with Crippen LogP contribution in [0.3, 0.4) is 0 Å². The van der Waals surface area contributed by atoms with Crippen LogP contribution in [-0.2, 0) is 70.7 Å². The van der Waals surface area contributed by atoms with Gasteiger partial charge in [0, 0.05) is 25.7 Å². The average Bonchev–Trinajstić information content (AvgIpc) is 0.754. The van der Waals surface area contributed by atoms with Crippen molar-refractivity contribution in [3.63, 3.8) is 0 Å². The van der Waals surface area contributed by atoms with Gasteiger partial charge in [-0.25, -0.2) is 4.57 Å². The highest BCUT2D eigenvalue weighted by Crippen LogP contribution is 2.49. The molecule has 2 saturated heterocycles. The number of hydrogen-bond acceptors (Lipinski definition) is 24. The van der Waals surface area contributed by atoms with Crippen molar-refractivity contribution in [1.82, 2.24) is 0 Å². The first kappa shape index (κ1) is 111. The molecule has 0 aromatic rings. The molecule has 25 nitrogen and oxygen atoms in total. The number of aliphatic hydroxyl groups is 9. The van der Waals surface area contributed by atoms with E-state index in [1.54, 1.807) is 0 Å². The molecule has 1 aliphatic carbocycles. The Morgan fingerprint density at radius 3 is 1.08 bits per heavy atom. The van der Waals surface area contributed by atoms with Crippen LogP contribution >= 0.6 is 7.82 Å². The Balaban J connectivity index is 1.91. The number of esters is 4. The van der Waals surface area contributed by atoms with Crippen LogP contribution in [0.1, 0.15) is 426 Å². The highest BCUT2D eigenvalue weighted by molar-refractivity contribution is 7.47. The van der Waals surface area contributed by atoms with Gasteiger partial charge in [-0.2, -0.15) is 0 Å². The zero-order chi connectivity index (χ0) is 87.6. The van der Waals surface area contributed by atoms with Crippen molar-refractivity contribution < 1.29 is 122 Å². The lowest BCUT2D eigenvalue weighted by Crippen LogP contribution is -2.70. The van der Waals surface area contributed by atoms with Crippen molar-refractivity contribution in [3.05, 3.63) is 12.2 Å². The van der Waals surface area contributed by atoms with E-state index in [2.05, 4.69) is 46.8 Å². The maximum Gasteiger partial charge on any atom is 0.472 e. The third-order valence-corrected chi connectivity index (χ3v) is 25.2. The topological polar surface area (TPSA) is 380 Å². The molecule has 0 aromatic heterocycles. The van der Waals surface area contributed by atoms with Crippen molar-refractivity contribution in [1.29, 1.82) is 0 Å². The van der Waals surface area contributed by atoms with Gasteiger partial charge in [0.2, 0.25) is 0 Å². The first-order chi connectivity index (χ1) is 58.1. The van der Waals surface area contributed by atoms with Crippen LogP contribution in [0.2, 0.25) is 0 Å². The van der Waals surface area contributed by atoms with E-state index in [1.807, 2.05) is 0 Å². The first-order valence-electron chi connectivity index (χ1n) is 48.8. The normalized spacial score (nSPS) is 25.0. The summed E-state index contributed by atoms with van der Waals surface area (Å²) >= 11 is 0. The van der Waals surface area contributed by atoms with Crippen LogP contribution in [0.25, 0.3) is 0 Å². The van der Waals surface area contributed by atoms with E-state index in [0.717, 1.165) is 122 Å². The van der Waals surface area contributed by atoms with E-state index in [-0.39, 0.29) is 25.7 Å². The van der Waals surface area contributed by atoms with Gasteiger partial charge in [0.1, 0.15) is 92.6 Å². The quantitative estimate of drug-likeness (QED) is 0.00889. The fraction of sp³-hybridized carbons (Fsp3) is 0.936. The lowest BCUT2D eigenvalue weighted by molar-refractivity contribution is -0.360. The predicted molar refractivity (Wildman–Crippen MR) is 467 cm³/mol. The highest BCUT2D eigenvalue weighted by Gasteiger charge is 2.60. The summed E-state index contributed by atoms with van der Waals surface area (Å²) in [7, 11) is -5.81. The van der Waals surface area contributed by atoms with Crippen LogP contribution in [0.15, 0.2) is 12.2 Å². The number of ether oxygens (including phenoxy) is 8. The van der Waals surface area contributed by atoms with E-state index in [9.17, 15) is 74.6 Å². The molecular formula is C94H175O25P. The monoisotopic (exact) mass is 1740 g/mol. The molecular weight excluding hydrogens is 1560 g/mol. The van der Waals surface area contributed by atoms with Gasteiger partial charge in [-0.15, -0.1) is 0 Å². The molecule has 2 heterocycles. The number of hydrogen-bond donors (Lipinski definition) is 10. The van der Waals surface area contributed by atoms with Crippen LogP contribution in [0.5, 0.6) is 0 Å². The molecule has 2 aliphatic heterocycles. The van der Waals surface area contributed by atoms with E-state index in [4.69, 9.17) is 46.9 Å². The maximum atomic E-state index is 14.9. The van der Waals surface area contributed by atoms with Gasteiger partial charge in [0.25, 0.3) is 0 Å². The van der Waals surface area contributed by atoms with Crippen LogP contribution < -0.4 is 0 Å². The van der Waals surface area contributed by atoms with Crippen LogP contribution in [0.4, 0.5) is 0 Å². The minimum Gasteiger partial charge on any atom is -0.463 e. The third kappa shape index (κ3) is 51.9. The molecule has 19 atom stereocenters. The van der Waals surface area contributed by atoms with E-state index in [0.29, 0.717) is 44.4 Å². The van der Waals surface area contributed by atoms with Crippen molar-refractivity contribution in [3.8, 4) is 0 Å². The summed E-state index contributed by atoms with van der Waals surface area (Å²) in [4.78, 5) is 66.6. The standard InChI is InChI=1S/C94H175O25P/c1-6-10-14-18-22-25-28-31-33-35-38-40-43-46-53-59-65-77(96)110-70-74(113-79(98)67-61-55-48-45-42-37-30-27-24-20-16-12-8-3)71-112-120(108,109)119-92-90(117-93-87(106)83(102)81(100)75(69-95)114-93)86(105)85(104)89(116-80(99)68-62-56-50-49-52-58-64-73(5)63-57-51-21-17-13-9-4)91(92)118-94-88(107)84(103)82(101)76(115-94)72-111-78(97)66-60-54-47-44-41-39-36-34-32-29-26-23-19-15-11-7-2/h37,42,73-76,81-95,100-107H,6-36,38-41,43-72H2,1-5H3,(H,108,109)/b42-37-. The number of rotatable bonds is 79. The Morgan fingerprint density at radius 2 is 0.675 bits per heavy atom. The Morgan fingerprint density at radius 1 is 0.350 bits per heavy atom. The molecule has 0 aromatic carbocycles. The third-order valence-electron chi connectivity index (χ3n) is 24.2. The molecule has 0 bridgehead atoms. The summed E-state index contributed by atoms with van der Waals surface area (Å²) in [5.41, 5.74) is 0. The molecule has 120 heavy (non-hydrogen) atoms. The van der Waals surface area contributed by atoms with Gasteiger partial charge in [0.05, 0.1) is 13.2 Å². The second-order valence-corrected chi connectivity index (χ2v) is 36.6. The second-order valence-electron chi connectivity index (χ2n) is 35.2. The fourth-order valence-electron chi connectivity index (χ4n) is 16.3. The zero-order valence-electron chi connectivity index (χ0n) is 75.6. The number of phosphoric acid groups is 1. The van der Waals surface area contributed by atoms with Gasteiger partial charge in [0.15, 0.2) is 24.8 Å². The molecule has 3 aliphatic rings. The molecule has 0 radical (unpaired) electrons. The lowest BCUT2D eigenvalue weighted by Gasteiger charge is -2.50. The van der Waals surface area contributed by atoms with Gasteiger partial charge < -0.3 is 88.7 Å². The Labute approximate surface area is 724 Å². The number of unbranched alkanes of at least 4 members (excludes halogenated alkanes) is 49. The Kier molecular flexibility index (Phi) is 67.0. The molecule has 706 valence electrons. The van der Waals surface area contributed by atoms with E-state index >= 15 is 0 Å². The summed E-state index contributed by atoms with van der Waals surface area (Å²) in [5.74, 6) is -2.34. The average molecular weight is 1740 g/mol. The minimum atomic E-state index is -5.81. The minimum absolute atomic E-state index is 0.0181. The van der Waals surface area contributed by atoms with Crippen LogP contribution in [0, 0.1) is 5.92 Å². The SMILES string of the molecule is CCCCCCCC/C=C\CCCCCC(=O)OC(COC(=O)CCCCCCCCCCCCCCCCCC)COP(=O)(O)OC1C(OC2OC(CO)C(O)C(O)C2O)C(O)C(O)C(OC(=O)CCCCCCCCC(C)CCCCCCCC)C1OC1OC(COC(=O)CCCCCCCCCCCCCCCCCC)C(O)C(O)C1O. The Bertz CT molecular complexity index is 2550. The number of allylic oxidation sites excluding steroid dienone is 2. The predicted octanol–water partition coefficient (Wildman–Crippen LogP) is 18.6. The molecule has 19 unspecified atom stereocenters. The second kappa shape index (κ2) is 72.2. The first-order valence-corrected chi connectivity index (χ1v) is 50.3. The maximum absolute atomic E-state index is 14.9. The fourth-order valence-corrected chi connectivity index (χ4v) is 17.3. The van der Waals surface area contributed by atoms with Gasteiger partial charge >= 0.3 is 31.7 Å². The van der Waals surface area contributed by atoms with E-state index in [1.165, 1.54) is 205 Å². The van der Waals surface area contributed by atoms with Crippen molar-refractivity contribution in [2.45, 2.75) is 530 Å². The number of phosphoric ester groups is 1. The largest absolute Gasteiger partial charge is 0.472 e. The summed E-state index contributed by atoms with van der Waals surface area (Å²) in [6, 6.07) is 0. The molecule has 0 amide bonds. The summed E-state index contributed by atoms with van der Waals surface area (Å²) in [6.45, 7) is 7.91. The molecule has 3 fully saturated rings. The molecule has 26 heteroatoms. The molecule has 1 saturated carbocycles. The lowest BCUT2D eigenvalue weighted by atomic mass is 9.84. The summed E-state index contributed by atoms with van der Waals surface area (Å²) < 4.78 is 73.6. The summed E-state index contributed by atoms with van der Waals surface area (Å²) in [5, 5.41) is 103. The van der Waals surface area contributed by atoms with Crippen molar-refractivity contribution in [2.24, 2.45) is 5.92 Å². The summed E-state index contributed by atoms with van der Waals surface area (Å²) in [6.07, 6.45) is 30.6. The van der Waals surface area contributed by atoms with Gasteiger partial charge in [-0.1, -0.05) is 361 Å². The molecule has 3 rings (SSSR count).